The molecule has 27 heavy (non-hydrogen) atoms. The Morgan fingerprint density at radius 3 is 2.52 bits per heavy atom. The number of morpholine rings is 1. The quantitative estimate of drug-likeness (QED) is 0.786. The van der Waals surface area contributed by atoms with Crippen molar-refractivity contribution in [1.29, 1.82) is 0 Å². The SMILES string of the molecule is CC(C)c1ocnc1CN1CCN(c2nccc(N3CCOCC3)n2)CC1. The third kappa shape index (κ3) is 4.22. The molecule has 0 aromatic carbocycles. The van der Waals surface area contributed by atoms with Gasteiger partial charge in [0.1, 0.15) is 11.6 Å². The first-order chi connectivity index (χ1) is 13.2. The number of piperazine rings is 1. The first-order valence-corrected chi connectivity index (χ1v) is 9.76. The molecular formula is C19H28N6O2. The lowest BCUT2D eigenvalue weighted by Crippen LogP contribution is -2.46. The molecule has 2 aliphatic rings. The number of aromatic nitrogens is 3. The Kier molecular flexibility index (Phi) is 5.54. The van der Waals surface area contributed by atoms with Gasteiger partial charge >= 0.3 is 0 Å². The molecule has 0 atom stereocenters. The summed E-state index contributed by atoms with van der Waals surface area (Å²) in [6.45, 7) is 12.2. The molecule has 2 fully saturated rings. The maximum Gasteiger partial charge on any atom is 0.227 e. The van der Waals surface area contributed by atoms with Gasteiger partial charge < -0.3 is 19.0 Å². The van der Waals surface area contributed by atoms with Crippen LogP contribution in [0, 0.1) is 0 Å². The van der Waals surface area contributed by atoms with Crippen molar-refractivity contribution in [2.45, 2.75) is 26.3 Å². The molecule has 0 spiro atoms. The fourth-order valence-corrected chi connectivity index (χ4v) is 3.64. The van der Waals surface area contributed by atoms with Crippen molar-refractivity contribution < 1.29 is 9.15 Å². The molecule has 146 valence electrons. The van der Waals surface area contributed by atoms with Crippen LogP contribution in [0.2, 0.25) is 0 Å². The highest BCUT2D eigenvalue weighted by atomic mass is 16.5. The van der Waals surface area contributed by atoms with E-state index in [2.05, 4.69) is 38.5 Å². The van der Waals surface area contributed by atoms with Crippen LogP contribution in [0.15, 0.2) is 23.1 Å². The predicted octanol–water partition coefficient (Wildman–Crippen LogP) is 1.75. The van der Waals surface area contributed by atoms with Crippen molar-refractivity contribution in [3.63, 3.8) is 0 Å². The number of hydrogen-bond donors (Lipinski definition) is 0. The van der Waals surface area contributed by atoms with Crippen molar-refractivity contribution in [2.24, 2.45) is 0 Å². The van der Waals surface area contributed by atoms with Crippen molar-refractivity contribution in [1.82, 2.24) is 19.9 Å². The Balaban J connectivity index is 1.36. The minimum absolute atomic E-state index is 0.361. The highest BCUT2D eigenvalue weighted by Gasteiger charge is 2.22. The summed E-state index contributed by atoms with van der Waals surface area (Å²) in [5, 5.41) is 0. The number of hydrogen-bond acceptors (Lipinski definition) is 8. The highest BCUT2D eigenvalue weighted by Crippen LogP contribution is 2.21. The number of anilines is 2. The topological polar surface area (TPSA) is 70.8 Å². The lowest BCUT2D eigenvalue weighted by molar-refractivity contribution is 0.122. The average molecular weight is 372 g/mol. The maximum atomic E-state index is 5.55. The lowest BCUT2D eigenvalue weighted by Gasteiger charge is -2.35. The summed E-state index contributed by atoms with van der Waals surface area (Å²) in [4.78, 5) is 20.7. The van der Waals surface area contributed by atoms with Gasteiger partial charge in [-0.15, -0.1) is 0 Å². The Hall–Kier alpha value is -2.19. The van der Waals surface area contributed by atoms with E-state index >= 15 is 0 Å². The molecule has 0 amide bonds. The fraction of sp³-hybridized carbons (Fsp3) is 0.632. The number of nitrogens with zero attached hydrogens (tertiary/aromatic N) is 6. The Bertz CT molecular complexity index is 735. The van der Waals surface area contributed by atoms with Gasteiger partial charge in [0, 0.05) is 57.9 Å². The van der Waals surface area contributed by atoms with Crippen LogP contribution >= 0.6 is 0 Å². The first kappa shape index (κ1) is 18.2. The van der Waals surface area contributed by atoms with Gasteiger partial charge in [0.2, 0.25) is 5.95 Å². The second-order valence-electron chi connectivity index (χ2n) is 7.40. The molecular weight excluding hydrogens is 344 g/mol. The molecule has 0 radical (unpaired) electrons. The summed E-state index contributed by atoms with van der Waals surface area (Å²) in [5.41, 5.74) is 1.06. The number of oxazole rings is 1. The molecule has 2 aliphatic heterocycles. The van der Waals surface area contributed by atoms with Crippen molar-refractivity contribution in [2.75, 3.05) is 62.3 Å². The summed E-state index contributed by atoms with van der Waals surface area (Å²) >= 11 is 0. The van der Waals surface area contributed by atoms with E-state index < -0.39 is 0 Å². The average Bonchev–Trinajstić information content (AvgIpc) is 3.18. The smallest absolute Gasteiger partial charge is 0.227 e. The van der Waals surface area contributed by atoms with E-state index in [1.54, 1.807) is 6.39 Å². The van der Waals surface area contributed by atoms with Crippen LogP contribution in [0.3, 0.4) is 0 Å². The molecule has 2 saturated heterocycles. The standard InChI is InChI=1S/C19H28N6O2/c1-15(2)18-16(21-14-27-18)13-23-5-7-25(8-6-23)19-20-4-3-17(22-19)24-9-11-26-12-10-24/h3-4,14-15H,5-13H2,1-2H3. The normalized spacial score (nSPS) is 19.1. The molecule has 4 rings (SSSR count). The minimum atomic E-state index is 0.361. The molecule has 8 nitrogen and oxygen atoms in total. The van der Waals surface area contributed by atoms with Crippen LogP contribution in [0.1, 0.15) is 31.2 Å². The fourth-order valence-electron chi connectivity index (χ4n) is 3.64. The van der Waals surface area contributed by atoms with Crippen molar-refractivity contribution in [3.8, 4) is 0 Å². The van der Waals surface area contributed by atoms with E-state index in [1.165, 1.54) is 0 Å². The van der Waals surface area contributed by atoms with Gasteiger partial charge in [0.15, 0.2) is 6.39 Å². The van der Waals surface area contributed by atoms with Crippen molar-refractivity contribution >= 4 is 11.8 Å². The largest absolute Gasteiger partial charge is 0.448 e. The summed E-state index contributed by atoms with van der Waals surface area (Å²) in [6.07, 6.45) is 3.43. The zero-order chi connectivity index (χ0) is 18.6. The van der Waals surface area contributed by atoms with Gasteiger partial charge in [-0.3, -0.25) is 4.90 Å². The Morgan fingerprint density at radius 2 is 1.78 bits per heavy atom. The summed E-state index contributed by atoms with van der Waals surface area (Å²) < 4.78 is 11.0. The number of rotatable bonds is 5. The van der Waals surface area contributed by atoms with Crippen LogP contribution in [0.4, 0.5) is 11.8 Å². The van der Waals surface area contributed by atoms with Gasteiger partial charge in [-0.1, -0.05) is 13.8 Å². The zero-order valence-electron chi connectivity index (χ0n) is 16.2. The van der Waals surface area contributed by atoms with Crippen molar-refractivity contribution in [3.05, 3.63) is 30.1 Å². The second kappa shape index (κ2) is 8.22. The van der Waals surface area contributed by atoms with Crippen LogP contribution < -0.4 is 9.80 Å². The van der Waals surface area contributed by atoms with E-state index in [-0.39, 0.29) is 0 Å². The Labute approximate surface area is 160 Å². The lowest BCUT2D eigenvalue weighted by atomic mass is 10.1. The summed E-state index contributed by atoms with van der Waals surface area (Å²) in [6, 6.07) is 1.99. The molecule has 4 heterocycles. The molecule has 0 unspecified atom stereocenters. The molecule has 0 aliphatic carbocycles. The van der Waals surface area contributed by atoms with E-state index in [1.807, 2.05) is 12.3 Å². The van der Waals surface area contributed by atoms with Gasteiger partial charge in [-0.05, 0) is 6.07 Å². The van der Waals surface area contributed by atoms with E-state index in [4.69, 9.17) is 14.1 Å². The first-order valence-electron chi connectivity index (χ1n) is 9.76. The molecule has 0 N–H and O–H groups in total. The summed E-state index contributed by atoms with van der Waals surface area (Å²) in [7, 11) is 0. The highest BCUT2D eigenvalue weighted by molar-refractivity contribution is 5.44. The third-order valence-electron chi connectivity index (χ3n) is 5.19. The van der Waals surface area contributed by atoms with Crippen LogP contribution in [0.25, 0.3) is 0 Å². The van der Waals surface area contributed by atoms with Gasteiger partial charge in [0.05, 0.1) is 18.9 Å². The molecule has 8 heteroatoms. The maximum absolute atomic E-state index is 5.55. The Morgan fingerprint density at radius 1 is 1.00 bits per heavy atom. The van der Waals surface area contributed by atoms with Gasteiger partial charge in [-0.2, -0.15) is 4.98 Å². The van der Waals surface area contributed by atoms with E-state index in [0.29, 0.717) is 5.92 Å². The monoisotopic (exact) mass is 372 g/mol. The molecule has 0 saturated carbocycles. The zero-order valence-corrected chi connectivity index (χ0v) is 16.2. The van der Waals surface area contributed by atoms with Crippen LogP contribution in [-0.4, -0.2) is 72.3 Å². The van der Waals surface area contributed by atoms with Crippen LogP contribution in [-0.2, 0) is 11.3 Å². The second-order valence-corrected chi connectivity index (χ2v) is 7.40. The van der Waals surface area contributed by atoms with E-state index in [9.17, 15) is 0 Å². The van der Waals surface area contributed by atoms with Gasteiger partial charge in [0.25, 0.3) is 0 Å². The number of ether oxygens (including phenoxy) is 1. The molecule has 2 aromatic heterocycles. The van der Waals surface area contributed by atoms with Crippen LogP contribution in [0.5, 0.6) is 0 Å². The minimum Gasteiger partial charge on any atom is -0.448 e. The predicted molar refractivity (Wildman–Crippen MR) is 103 cm³/mol. The molecule has 2 aromatic rings. The summed E-state index contributed by atoms with van der Waals surface area (Å²) in [5.74, 6) is 3.18. The molecule has 0 bridgehead atoms. The van der Waals surface area contributed by atoms with Gasteiger partial charge in [-0.25, -0.2) is 9.97 Å². The van der Waals surface area contributed by atoms with E-state index in [0.717, 1.165) is 82.2 Å². The third-order valence-corrected chi connectivity index (χ3v) is 5.19.